The number of hydrogen-bond acceptors (Lipinski definition) is 4. The van der Waals surface area contributed by atoms with Crippen LogP contribution in [0.15, 0.2) is 5.38 Å². The Morgan fingerprint density at radius 2 is 2.15 bits per heavy atom. The van der Waals surface area contributed by atoms with E-state index in [1.54, 1.807) is 0 Å². The van der Waals surface area contributed by atoms with Crippen LogP contribution in [-0.4, -0.2) is 30.5 Å². The van der Waals surface area contributed by atoms with Crippen LogP contribution < -0.4 is 10.6 Å². The van der Waals surface area contributed by atoms with Crippen molar-refractivity contribution < 1.29 is 18.0 Å². The predicted octanol–water partition coefficient (Wildman–Crippen LogP) is 1.82. The maximum atomic E-state index is 12.4. The first-order valence-corrected chi connectivity index (χ1v) is 7.35. The highest BCUT2D eigenvalue weighted by molar-refractivity contribution is 7.09. The van der Waals surface area contributed by atoms with Crippen molar-refractivity contribution in [3.05, 3.63) is 16.1 Å². The molecule has 0 unspecified atom stereocenters. The zero-order valence-electron chi connectivity index (χ0n) is 10.8. The number of alkyl halides is 3. The first kappa shape index (κ1) is 15.2. The molecule has 0 aliphatic carbocycles. The Kier molecular flexibility index (Phi) is 4.98. The molecule has 4 nitrogen and oxygen atoms in total. The highest BCUT2D eigenvalue weighted by atomic mass is 32.1. The highest BCUT2D eigenvalue weighted by Gasteiger charge is 2.33. The summed E-state index contributed by atoms with van der Waals surface area (Å²) in [6.45, 7) is 1.99. The average Bonchev–Trinajstić information content (AvgIpc) is 2.88. The molecule has 0 radical (unpaired) electrons. The SMILES string of the molecule is O=C(NCCc1nc(C(F)(F)F)cs1)C1CCNCC1. The van der Waals surface area contributed by atoms with Gasteiger partial charge in [-0.2, -0.15) is 13.2 Å². The van der Waals surface area contributed by atoms with Crippen LogP contribution in [0.4, 0.5) is 13.2 Å². The number of hydrogen-bond donors (Lipinski definition) is 2. The number of halogens is 3. The molecule has 112 valence electrons. The molecule has 1 aliphatic rings. The molecular weight excluding hydrogens is 291 g/mol. The van der Waals surface area contributed by atoms with Gasteiger partial charge in [-0.15, -0.1) is 11.3 Å². The van der Waals surface area contributed by atoms with Gasteiger partial charge in [-0.1, -0.05) is 0 Å². The van der Waals surface area contributed by atoms with Crippen LogP contribution in [0, 0.1) is 5.92 Å². The number of carbonyl (C=O) groups excluding carboxylic acids is 1. The number of nitrogens with one attached hydrogen (secondary N) is 2. The molecule has 8 heteroatoms. The topological polar surface area (TPSA) is 54.0 Å². The number of carbonyl (C=O) groups is 1. The van der Waals surface area contributed by atoms with Gasteiger partial charge in [0.2, 0.25) is 5.91 Å². The Labute approximate surface area is 118 Å². The maximum absolute atomic E-state index is 12.4. The summed E-state index contributed by atoms with van der Waals surface area (Å²) in [4.78, 5) is 15.3. The van der Waals surface area contributed by atoms with E-state index in [0.717, 1.165) is 42.6 Å². The van der Waals surface area contributed by atoms with Crippen LogP contribution >= 0.6 is 11.3 Å². The van der Waals surface area contributed by atoms with Crippen molar-refractivity contribution >= 4 is 17.2 Å². The summed E-state index contributed by atoms with van der Waals surface area (Å²) < 4.78 is 37.1. The molecule has 0 spiro atoms. The molecule has 1 saturated heterocycles. The van der Waals surface area contributed by atoms with Crippen molar-refractivity contribution in [3.63, 3.8) is 0 Å². The summed E-state index contributed by atoms with van der Waals surface area (Å²) in [5.74, 6) is -0.00242. The largest absolute Gasteiger partial charge is 0.434 e. The quantitative estimate of drug-likeness (QED) is 0.892. The van der Waals surface area contributed by atoms with Crippen LogP contribution in [0.1, 0.15) is 23.5 Å². The van der Waals surface area contributed by atoms with Gasteiger partial charge in [-0.25, -0.2) is 4.98 Å². The summed E-state index contributed by atoms with van der Waals surface area (Å²) in [6, 6.07) is 0. The third-order valence-corrected chi connectivity index (χ3v) is 4.10. The van der Waals surface area contributed by atoms with Gasteiger partial charge < -0.3 is 10.6 Å². The first-order chi connectivity index (χ1) is 9.47. The number of rotatable bonds is 4. The Morgan fingerprint density at radius 1 is 1.45 bits per heavy atom. The van der Waals surface area contributed by atoms with Crippen LogP contribution in [-0.2, 0) is 17.4 Å². The summed E-state index contributed by atoms with van der Waals surface area (Å²) >= 11 is 0.971. The van der Waals surface area contributed by atoms with E-state index in [2.05, 4.69) is 15.6 Å². The van der Waals surface area contributed by atoms with Crippen LogP contribution in [0.3, 0.4) is 0 Å². The normalized spacial score (nSPS) is 17.1. The number of piperidine rings is 1. The Morgan fingerprint density at radius 3 is 2.75 bits per heavy atom. The van der Waals surface area contributed by atoms with Gasteiger partial charge in [0.25, 0.3) is 0 Å². The Hall–Kier alpha value is -1.15. The molecule has 1 aromatic heterocycles. The molecule has 0 saturated carbocycles. The minimum Gasteiger partial charge on any atom is -0.355 e. The number of nitrogens with zero attached hydrogens (tertiary/aromatic N) is 1. The van der Waals surface area contributed by atoms with Gasteiger partial charge in [-0.3, -0.25) is 4.79 Å². The molecule has 1 amide bonds. The summed E-state index contributed by atoms with van der Waals surface area (Å²) in [7, 11) is 0. The lowest BCUT2D eigenvalue weighted by atomic mass is 9.97. The molecule has 20 heavy (non-hydrogen) atoms. The van der Waals surface area contributed by atoms with E-state index >= 15 is 0 Å². The van der Waals surface area contributed by atoms with Gasteiger partial charge in [-0.05, 0) is 25.9 Å². The van der Waals surface area contributed by atoms with Crippen molar-refractivity contribution in [2.45, 2.75) is 25.4 Å². The fourth-order valence-electron chi connectivity index (χ4n) is 2.08. The second-order valence-corrected chi connectivity index (χ2v) is 5.63. The predicted molar refractivity (Wildman–Crippen MR) is 69.4 cm³/mol. The molecule has 0 bridgehead atoms. The fraction of sp³-hybridized carbons (Fsp3) is 0.667. The molecule has 0 aromatic carbocycles. The van der Waals surface area contributed by atoms with E-state index in [1.165, 1.54) is 0 Å². The third-order valence-electron chi connectivity index (χ3n) is 3.19. The minimum atomic E-state index is -4.40. The fourth-order valence-corrected chi connectivity index (χ4v) is 2.88. The van der Waals surface area contributed by atoms with Crippen molar-refractivity contribution in [1.82, 2.24) is 15.6 Å². The standard InChI is InChI=1S/C12H16F3N3OS/c13-12(14,15)9-7-20-10(18-9)3-6-17-11(19)8-1-4-16-5-2-8/h7-8,16H,1-6H2,(H,17,19). The Balaban J connectivity index is 1.75. The molecule has 2 N–H and O–H groups in total. The third kappa shape index (κ3) is 4.17. The molecule has 1 fully saturated rings. The second kappa shape index (κ2) is 6.53. The minimum absolute atomic E-state index is 0.0123. The van der Waals surface area contributed by atoms with Crippen molar-refractivity contribution in [2.75, 3.05) is 19.6 Å². The highest BCUT2D eigenvalue weighted by Crippen LogP contribution is 2.30. The molecule has 1 aromatic rings. The van der Waals surface area contributed by atoms with E-state index in [1.807, 2.05) is 0 Å². The zero-order chi connectivity index (χ0) is 14.6. The van der Waals surface area contributed by atoms with Crippen LogP contribution in [0.2, 0.25) is 0 Å². The van der Waals surface area contributed by atoms with Crippen LogP contribution in [0.5, 0.6) is 0 Å². The molecule has 2 rings (SSSR count). The molecule has 2 heterocycles. The van der Waals surface area contributed by atoms with Gasteiger partial charge >= 0.3 is 6.18 Å². The van der Waals surface area contributed by atoms with Crippen molar-refractivity contribution in [1.29, 1.82) is 0 Å². The van der Waals surface area contributed by atoms with Gasteiger partial charge in [0.15, 0.2) is 5.69 Å². The lowest BCUT2D eigenvalue weighted by molar-refractivity contribution is -0.140. The average molecular weight is 307 g/mol. The molecular formula is C12H16F3N3OS. The van der Waals surface area contributed by atoms with E-state index in [4.69, 9.17) is 0 Å². The molecule has 0 atom stereocenters. The van der Waals surface area contributed by atoms with E-state index in [0.29, 0.717) is 18.0 Å². The lowest BCUT2D eigenvalue weighted by Crippen LogP contribution is -2.38. The van der Waals surface area contributed by atoms with Crippen LogP contribution in [0.25, 0.3) is 0 Å². The van der Waals surface area contributed by atoms with Gasteiger partial charge in [0.05, 0.1) is 5.01 Å². The maximum Gasteiger partial charge on any atom is 0.434 e. The number of thiazole rings is 1. The van der Waals surface area contributed by atoms with E-state index in [9.17, 15) is 18.0 Å². The smallest absolute Gasteiger partial charge is 0.355 e. The summed E-state index contributed by atoms with van der Waals surface area (Å²) in [6.07, 6.45) is -2.45. The monoisotopic (exact) mass is 307 g/mol. The lowest BCUT2D eigenvalue weighted by Gasteiger charge is -2.21. The van der Waals surface area contributed by atoms with E-state index in [-0.39, 0.29) is 11.8 Å². The van der Waals surface area contributed by atoms with E-state index < -0.39 is 11.9 Å². The number of aromatic nitrogens is 1. The first-order valence-electron chi connectivity index (χ1n) is 6.47. The second-order valence-electron chi connectivity index (χ2n) is 4.69. The van der Waals surface area contributed by atoms with Gasteiger partial charge in [0.1, 0.15) is 0 Å². The van der Waals surface area contributed by atoms with Crippen molar-refractivity contribution in [2.24, 2.45) is 5.92 Å². The molecule has 1 aliphatic heterocycles. The zero-order valence-corrected chi connectivity index (χ0v) is 11.6. The Bertz CT molecular complexity index is 455. The summed E-state index contributed by atoms with van der Waals surface area (Å²) in [5.41, 5.74) is -0.859. The number of amides is 1. The summed E-state index contributed by atoms with van der Waals surface area (Å²) in [5, 5.41) is 7.34. The van der Waals surface area contributed by atoms with Crippen molar-refractivity contribution in [3.8, 4) is 0 Å². The van der Waals surface area contributed by atoms with Gasteiger partial charge in [0, 0.05) is 24.3 Å².